The monoisotopic (exact) mass is 425 g/mol. The molecule has 5 rings (SSSR count). The Kier molecular flexibility index (Phi) is 4.83. The fraction of sp³-hybridized carbons (Fsp3) is 0.0870. The summed E-state index contributed by atoms with van der Waals surface area (Å²) in [6, 6.07) is 13.0. The van der Waals surface area contributed by atoms with Crippen molar-refractivity contribution in [1.82, 2.24) is 29.1 Å². The van der Waals surface area contributed by atoms with Crippen molar-refractivity contribution in [2.45, 2.75) is 6.92 Å². The van der Waals surface area contributed by atoms with Crippen LogP contribution in [0.1, 0.15) is 16.1 Å². The molecule has 0 bridgehead atoms. The number of hydrogen-bond acceptors (Lipinski definition) is 6. The maximum atomic E-state index is 13.0. The SMILES string of the molecule is COc1ccc(-n2nccc2-c2nc(C(=O)Nc3ccc(C)cn3)c3cnccn23)cc1. The molecule has 32 heavy (non-hydrogen) atoms. The molecule has 5 aromatic rings. The number of rotatable bonds is 5. The van der Waals surface area contributed by atoms with Crippen LogP contribution in [-0.2, 0) is 0 Å². The van der Waals surface area contributed by atoms with Crippen molar-refractivity contribution in [3.8, 4) is 23.0 Å². The van der Waals surface area contributed by atoms with Crippen molar-refractivity contribution in [1.29, 1.82) is 0 Å². The van der Waals surface area contributed by atoms with Crippen LogP contribution in [0.5, 0.6) is 5.75 Å². The maximum absolute atomic E-state index is 13.0. The lowest BCUT2D eigenvalue weighted by Gasteiger charge is -2.08. The number of nitrogens with one attached hydrogen (secondary N) is 1. The van der Waals surface area contributed by atoms with Gasteiger partial charge >= 0.3 is 0 Å². The van der Waals surface area contributed by atoms with Crippen LogP contribution in [0.15, 0.2) is 73.4 Å². The van der Waals surface area contributed by atoms with Crippen molar-refractivity contribution < 1.29 is 9.53 Å². The molecule has 1 amide bonds. The fourth-order valence-electron chi connectivity index (χ4n) is 3.41. The summed E-state index contributed by atoms with van der Waals surface area (Å²) >= 11 is 0. The molecule has 0 spiro atoms. The van der Waals surface area contributed by atoms with Gasteiger partial charge in [-0.3, -0.25) is 14.2 Å². The zero-order valence-electron chi connectivity index (χ0n) is 17.4. The average Bonchev–Trinajstić information content (AvgIpc) is 3.45. The molecule has 0 atom stereocenters. The normalized spacial score (nSPS) is 10.9. The molecule has 0 fully saturated rings. The molecule has 0 saturated carbocycles. The highest BCUT2D eigenvalue weighted by Gasteiger charge is 2.21. The van der Waals surface area contributed by atoms with E-state index in [1.165, 1.54) is 0 Å². The highest BCUT2D eigenvalue weighted by Crippen LogP contribution is 2.26. The molecule has 0 unspecified atom stereocenters. The van der Waals surface area contributed by atoms with E-state index in [-0.39, 0.29) is 11.6 Å². The second-order valence-electron chi connectivity index (χ2n) is 7.12. The molecule has 1 aromatic carbocycles. The Balaban J connectivity index is 1.57. The van der Waals surface area contributed by atoms with Crippen LogP contribution in [0, 0.1) is 6.92 Å². The van der Waals surface area contributed by atoms with Gasteiger partial charge in [-0.15, -0.1) is 0 Å². The van der Waals surface area contributed by atoms with Crippen LogP contribution in [-0.4, -0.2) is 42.2 Å². The van der Waals surface area contributed by atoms with Crippen molar-refractivity contribution in [2.75, 3.05) is 12.4 Å². The Hall–Kier alpha value is -4.53. The van der Waals surface area contributed by atoms with Crippen LogP contribution in [0.25, 0.3) is 22.7 Å². The number of amides is 1. The van der Waals surface area contributed by atoms with Gasteiger partial charge in [0, 0.05) is 18.6 Å². The van der Waals surface area contributed by atoms with E-state index >= 15 is 0 Å². The molecule has 4 heterocycles. The maximum Gasteiger partial charge on any atom is 0.277 e. The predicted molar refractivity (Wildman–Crippen MR) is 119 cm³/mol. The Morgan fingerprint density at radius 1 is 1.03 bits per heavy atom. The first-order valence-electron chi connectivity index (χ1n) is 9.89. The number of anilines is 1. The minimum atomic E-state index is -0.367. The molecule has 0 aliphatic rings. The summed E-state index contributed by atoms with van der Waals surface area (Å²) in [5, 5.41) is 7.26. The number of hydrogen-bond donors (Lipinski definition) is 1. The lowest BCUT2D eigenvalue weighted by Crippen LogP contribution is -2.14. The number of imidazole rings is 1. The third kappa shape index (κ3) is 3.45. The Labute approximate surface area is 183 Å². The molecule has 9 heteroatoms. The van der Waals surface area contributed by atoms with Crippen molar-refractivity contribution in [2.24, 2.45) is 0 Å². The molecular formula is C23H19N7O2. The number of aryl methyl sites for hydroxylation is 1. The van der Waals surface area contributed by atoms with Gasteiger partial charge in [-0.25, -0.2) is 14.6 Å². The summed E-state index contributed by atoms with van der Waals surface area (Å²) in [4.78, 5) is 26.1. The first-order valence-corrected chi connectivity index (χ1v) is 9.89. The van der Waals surface area contributed by atoms with Crippen molar-refractivity contribution >= 4 is 17.2 Å². The quantitative estimate of drug-likeness (QED) is 0.462. The summed E-state index contributed by atoms with van der Waals surface area (Å²) in [6.45, 7) is 1.94. The first kappa shape index (κ1) is 19.4. The molecule has 0 radical (unpaired) electrons. The Bertz CT molecular complexity index is 1400. The van der Waals surface area contributed by atoms with Gasteiger partial charge in [0.15, 0.2) is 11.5 Å². The summed E-state index contributed by atoms with van der Waals surface area (Å²) in [7, 11) is 1.62. The lowest BCUT2D eigenvalue weighted by molar-refractivity contribution is 0.102. The van der Waals surface area contributed by atoms with Gasteiger partial charge < -0.3 is 10.1 Å². The second kappa shape index (κ2) is 7.95. The largest absolute Gasteiger partial charge is 0.497 e. The van der Waals surface area contributed by atoms with E-state index < -0.39 is 0 Å². The van der Waals surface area contributed by atoms with E-state index in [9.17, 15) is 4.79 Å². The van der Waals surface area contributed by atoms with Crippen LogP contribution in [0.4, 0.5) is 5.82 Å². The Morgan fingerprint density at radius 3 is 2.62 bits per heavy atom. The zero-order valence-corrected chi connectivity index (χ0v) is 17.4. The summed E-state index contributed by atoms with van der Waals surface area (Å²) in [5.74, 6) is 1.41. The molecule has 4 aromatic heterocycles. The number of nitrogens with zero attached hydrogens (tertiary/aromatic N) is 6. The summed E-state index contributed by atoms with van der Waals surface area (Å²) in [5.41, 5.74) is 3.40. The third-order valence-electron chi connectivity index (χ3n) is 5.00. The zero-order chi connectivity index (χ0) is 22.1. The van der Waals surface area contributed by atoms with Gasteiger partial charge in [-0.1, -0.05) is 6.07 Å². The average molecular weight is 425 g/mol. The minimum absolute atomic E-state index is 0.248. The van der Waals surface area contributed by atoms with Gasteiger partial charge in [0.2, 0.25) is 0 Å². The lowest BCUT2D eigenvalue weighted by atomic mass is 10.3. The topological polar surface area (TPSA) is 99.2 Å². The molecule has 0 saturated heterocycles. The van der Waals surface area contributed by atoms with E-state index in [4.69, 9.17) is 4.74 Å². The van der Waals surface area contributed by atoms with E-state index in [1.54, 1.807) is 48.8 Å². The van der Waals surface area contributed by atoms with E-state index in [0.717, 1.165) is 22.7 Å². The number of fused-ring (bicyclic) bond motifs is 1. The van der Waals surface area contributed by atoms with Crippen molar-refractivity contribution in [3.63, 3.8) is 0 Å². The fourth-order valence-corrected chi connectivity index (χ4v) is 3.41. The van der Waals surface area contributed by atoms with E-state index in [0.29, 0.717) is 17.2 Å². The molecule has 0 aliphatic heterocycles. The number of benzene rings is 1. The van der Waals surface area contributed by atoms with Crippen LogP contribution < -0.4 is 10.1 Å². The van der Waals surface area contributed by atoms with Crippen molar-refractivity contribution in [3.05, 3.63) is 84.7 Å². The van der Waals surface area contributed by atoms with Gasteiger partial charge in [0.05, 0.1) is 30.7 Å². The number of methoxy groups -OCH3 is 1. The molecule has 158 valence electrons. The van der Waals surface area contributed by atoms with Crippen LogP contribution in [0.3, 0.4) is 0 Å². The highest BCUT2D eigenvalue weighted by molar-refractivity contribution is 6.07. The Morgan fingerprint density at radius 2 is 1.88 bits per heavy atom. The molecule has 9 nitrogen and oxygen atoms in total. The number of aromatic nitrogens is 6. The highest BCUT2D eigenvalue weighted by atomic mass is 16.5. The van der Waals surface area contributed by atoms with E-state index in [2.05, 4.69) is 25.4 Å². The molecule has 1 N–H and O–H groups in total. The predicted octanol–water partition coefficient (Wildman–Crippen LogP) is 3.55. The molecular weight excluding hydrogens is 406 g/mol. The second-order valence-corrected chi connectivity index (χ2v) is 7.12. The van der Waals surface area contributed by atoms with Gasteiger partial charge in [-0.2, -0.15) is 5.10 Å². The minimum Gasteiger partial charge on any atom is -0.497 e. The van der Waals surface area contributed by atoms with Gasteiger partial charge in [0.1, 0.15) is 17.3 Å². The van der Waals surface area contributed by atoms with Crippen LogP contribution in [0.2, 0.25) is 0 Å². The number of carbonyl (C=O) groups excluding carboxylic acids is 1. The number of carbonyl (C=O) groups is 1. The summed E-state index contributed by atoms with van der Waals surface area (Å²) < 4.78 is 8.82. The first-order chi connectivity index (χ1) is 15.6. The smallest absolute Gasteiger partial charge is 0.277 e. The summed E-state index contributed by atoms with van der Waals surface area (Å²) in [6.07, 6.45) is 8.42. The van der Waals surface area contributed by atoms with E-state index in [1.807, 2.05) is 47.7 Å². The van der Waals surface area contributed by atoms with Gasteiger partial charge in [0.25, 0.3) is 5.91 Å². The number of ether oxygens (including phenoxy) is 1. The molecule has 0 aliphatic carbocycles. The van der Waals surface area contributed by atoms with Crippen LogP contribution >= 0.6 is 0 Å². The van der Waals surface area contributed by atoms with Gasteiger partial charge in [-0.05, 0) is 48.9 Å². The number of pyridine rings is 1. The third-order valence-corrected chi connectivity index (χ3v) is 5.00. The standard InChI is InChI=1S/C23H19N7O2/c1-15-3-8-20(25-13-15)27-23(31)21-19-14-24-11-12-29(19)22(28-21)18-9-10-26-30(18)16-4-6-17(32-2)7-5-16/h3-14H,1-2H3,(H,25,27,31).